The molecule has 9 heteroatoms. The van der Waals surface area contributed by atoms with Gasteiger partial charge in [0.25, 0.3) is 0 Å². The Hall–Kier alpha value is -3.04. The molecule has 0 bridgehead atoms. The van der Waals surface area contributed by atoms with Crippen LogP contribution in [0, 0.1) is 0 Å². The van der Waals surface area contributed by atoms with Gasteiger partial charge in [-0.1, -0.05) is 30.3 Å². The van der Waals surface area contributed by atoms with Gasteiger partial charge in [-0.3, -0.25) is 4.79 Å². The van der Waals surface area contributed by atoms with Crippen molar-refractivity contribution in [1.29, 1.82) is 0 Å². The number of nitrogens with zero attached hydrogens (tertiary/aromatic N) is 3. The van der Waals surface area contributed by atoms with Crippen molar-refractivity contribution in [3.63, 3.8) is 0 Å². The average Bonchev–Trinajstić information content (AvgIpc) is 3.51. The third-order valence-corrected chi connectivity index (χ3v) is 7.18. The van der Waals surface area contributed by atoms with Crippen LogP contribution in [0.4, 0.5) is 13.2 Å². The predicted octanol–water partition coefficient (Wildman–Crippen LogP) is 5.38. The summed E-state index contributed by atoms with van der Waals surface area (Å²) in [6.45, 7) is 0. The van der Waals surface area contributed by atoms with E-state index in [1.54, 1.807) is 47.6 Å². The first kappa shape index (κ1) is 21.8. The highest BCUT2D eigenvalue weighted by Gasteiger charge is 2.57. The lowest BCUT2D eigenvalue weighted by atomic mass is 9.85. The van der Waals surface area contributed by atoms with Crippen molar-refractivity contribution in [2.75, 3.05) is 0 Å². The van der Waals surface area contributed by atoms with E-state index >= 15 is 0 Å². The van der Waals surface area contributed by atoms with Crippen molar-refractivity contribution >= 4 is 39.5 Å². The molecule has 0 saturated heterocycles. The SMILES string of the molecule is Cn1cc(C(O)(c2ccc3c(cnn3C(=O)CC3CC=CS3)c2)C(F)(F)F)c2ccccc21. The van der Waals surface area contributed by atoms with Crippen molar-refractivity contribution in [2.45, 2.75) is 29.9 Å². The Kier molecular flexibility index (Phi) is 5.13. The summed E-state index contributed by atoms with van der Waals surface area (Å²) in [5.74, 6) is -0.223. The zero-order valence-electron chi connectivity index (χ0n) is 17.6. The second-order valence-corrected chi connectivity index (χ2v) is 9.38. The summed E-state index contributed by atoms with van der Waals surface area (Å²) in [5, 5.41) is 18.1. The Labute approximate surface area is 191 Å². The van der Waals surface area contributed by atoms with E-state index in [-0.39, 0.29) is 28.7 Å². The van der Waals surface area contributed by atoms with E-state index in [0.717, 1.165) is 6.42 Å². The van der Waals surface area contributed by atoms with Gasteiger partial charge in [-0.25, -0.2) is 4.68 Å². The number of halogens is 3. The number of benzene rings is 2. The fourth-order valence-corrected chi connectivity index (χ4v) is 5.31. The van der Waals surface area contributed by atoms with Crippen LogP contribution in [-0.2, 0) is 12.6 Å². The van der Waals surface area contributed by atoms with Crippen LogP contribution in [0.2, 0.25) is 0 Å². The average molecular weight is 472 g/mol. The smallest absolute Gasteiger partial charge is 0.372 e. The third-order valence-electron chi connectivity index (χ3n) is 6.09. The fourth-order valence-electron chi connectivity index (χ4n) is 4.40. The van der Waals surface area contributed by atoms with Gasteiger partial charge in [-0.2, -0.15) is 18.3 Å². The zero-order valence-corrected chi connectivity index (χ0v) is 18.4. The van der Waals surface area contributed by atoms with E-state index in [2.05, 4.69) is 5.10 Å². The summed E-state index contributed by atoms with van der Waals surface area (Å²) in [4.78, 5) is 12.7. The molecule has 4 aromatic rings. The Morgan fingerprint density at radius 3 is 2.73 bits per heavy atom. The molecule has 0 fully saturated rings. The molecule has 0 spiro atoms. The van der Waals surface area contributed by atoms with Crippen LogP contribution in [0.15, 0.2) is 66.3 Å². The molecule has 0 aliphatic carbocycles. The molecule has 3 heterocycles. The maximum Gasteiger partial charge on any atom is 0.425 e. The highest BCUT2D eigenvalue weighted by Crippen LogP contribution is 2.47. The van der Waals surface area contributed by atoms with E-state index in [0.29, 0.717) is 21.8 Å². The first-order valence-electron chi connectivity index (χ1n) is 10.4. The number of rotatable bonds is 4. The van der Waals surface area contributed by atoms with Crippen molar-refractivity contribution in [3.05, 3.63) is 77.5 Å². The molecule has 2 atom stereocenters. The number of aryl methyl sites for hydroxylation is 1. The number of alkyl halides is 3. The molecule has 2 unspecified atom stereocenters. The summed E-state index contributed by atoms with van der Waals surface area (Å²) in [6, 6.07) is 10.5. The minimum Gasteiger partial charge on any atom is -0.372 e. The lowest BCUT2D eigenvalue weighted by Crippen LogP contribution is -2.43. The maximum atomic E-state index is 14.4. The minimum absolute atomic E-state index is 0.137. The van der Waals surface area contributed by atoms with Gasteiger partial charge in [0.05, 0.1) is 11.7 Å². The molecule has 2 aromatic heterocycles. The van der Waals surface area contributed by atoms with E-state index in [9.17, 15) is 23.1 Å². The number of fused-ring (bicyclic) bond motifs is 2. The van der Waals surface area contributed by atoms with Crippen LogP contribution in [0.3, 0.4) is 0 Å². The standard InChI is InChI=1S/C24H20F3N3O2S/c1-29-14-19(18-6-2-3-7-21(18)29)23(32,24(25,26)27)16-8-9-20-15(11-16)13-28-30(20)22(31)12-17-5-4-10-33-17/h2-4,6-11,13-14,17,32H,5,12H2,1H3. The number of carbonyl (C=O) groups is 1. The highest BCUT2D eigenvalue weighted by atomic mass is 32.2. The van der Waals surface area contributed by atoms with Crippen LogP contribution in [0.25, 0.3) is 21.8 Å². The molecule has 1 aliphatic heterocycles. The van der Waals surface area contributed by atoms with Gasteiger partial charge in [-0.15, -0.1) is 11.8 Å². The first-order chi connectivity index (χ1) is 15.7. The molecule has 0 saturated carbocycles. The monoisotopic (exact) mass is 471 g/mol. The molecule has 0 radical (unpaired) electrons. The molecular formula is C24H20F3N3O2S. The third kappa shape index (κ3) is 3.46. The van der Waals surface area contributed by atoms with Crippen LogP contribution < -0.4 is 0 Å². The Morgan fingerprint density at radius 2 is 2.00 bits per heavy atom. The van der Waals surface area contributed by atoms with Crippen LogP contribution in [0.1, 0.15) is 28.8 Å². The van der Waals surface area contributed by atoms with Gasteiger partial charge in [0, 0.05) is 46.8 Å². The Morgan fingerprint density at radius 1 is 1.21 bits per heavy atom. The number of aromatic nitrogens is 3. The van der Waals surface area contributed by atoms with Crippen molar-refractivity contribution < 1.29 is 23.1 Å². The number of para-hydroxylation sites is 1. The molecule has 5 nitrogen and oxygen atoms in total. The van der Waals surface area contributed by atoms with Gasteiger partial charge in [-0.05, 0) is 35.6 Å². The summed E-state index contributed by atoms with van der Waals surface area (Å²) >= 11 is 1.58. The quantitative estimate of drug-likeness (QED) is 0.434. The number of hydrogen-bond acceptors (Lipinski definition) is 4. The number of hydrogen-bond donors (Lipinski definition) is 1. The van der Waals surface area contributed by atoms with Crippen molar-refractivity contribution in [2.24, 2.45) is 7.05 Å². The molecule has 1 N–H and O–H groups in total. The molecule has 5 rings (SSSR count). The van der Waals surface area contributed by atoms with Gasteiger partial charge >= 0.3 is 6.18 Å². The molecule has 0 amide bonds. The summed E-state index contributed by atoms with van der Waals surface area (Å²) in [6.07, 6.45) is 0.756. The van der Waals surface area contributed by atoms with Crippen LogP contribution in [-0.4, -0.2) is 36.8 Å². The van der Waals surface area contributed by atoms with Crippen LogP contribution >= 0.6 is 11.8 Å². The Balaban J connectivity index is 1.60. The number of allylic oxidation sites excluding steroid dienone is 1. The second kappa shape index (κ2) is 7.78. The largest absolute Gasteiger partial charge is 0.425 e. The number of aliphatic hydroxyl groups is 1. The van der Waals surface area contributed by atoms with Crippen molar-refractivity contribution in [1.82, 2.24) is 14.3 Å². The molecule has 170 valence electrons. The molecule has 33 heavy (non-hydrogen) atoms. The van der Waals surface area contributed by atoms with E-state index in [4.69, 9.17) is 0 Å². The van der Waals surface area contributed by atoms with E-state index in [1.165, 1.54) is 35.3 Å². The highest BCUT2D eigenvalue weighted by molar-refractivity contribution is 8.03. The van der Waals surface area contributed by atoms with Gasteiger partial charge in [0.15, 0.2) is 0 Å². The number of carbonyl (C=O) groups excluding carboxylic acids is 1. The number of thioether (sulfide) groups is 1. The summed E-state index contributed by atoms with van der Waals surface area (Å²) in [7, 11) is 1.64. The molecular weight excluding hydrogens is 451 g/mol. The topological polar surface area (TPSA) is 60.0 Å². The predicted molar refractivity (Wildman–Crippen MR) is 122 cm³/mol. The van der Waals surface area contributed by atoms with Crippen molar-refractivity contribution in [3.8, 4) is 0 Å². The second-order valence-electron chi connectivity index (χ2n) is 8.17. The molecule has 2 aromatic carbocycles. The fraction of sp³-hybridized carbons (Fsp3) is 0.250. The summed E-state index contributed by atoms with van der Waals surface area (Å²) < 4.78 is 46.1. The van der Waals surface area contributed by atoms with E-state index < -0.39 is 11.8 Å². The van der Waals surface area contributed by atoms with Gasteiger partial charge in [0.2, 0.25) is 11.5 Å². The summed E-state index contributed by atoms with van der Waals surface area (Å²) in [5.41, 5.74) is -2.83. The normalized spacial score (nSPS) is 18.3. The maximum absolute atomic E-state index is 14.4. The first-order valence-corrected chi connectivity index (χ1v) is 11.3. The van der Waals surface area contributed by atoms with Gasteiger partial charge in [0.1, 0.15) is 0 Å². The molecule has 1 aliphatic rings. The van der Waals surface area contributed by atoms with Crippen LogP contribution in [0.5, 0.6) is 0 Å². The Bertz CT molecular complexity index is 1400. The minimum atomic E-state index is -4.98. The van der Waals surface area contributed by atoms with Gasteiger partial charge < -0.3 is 9.67 Å². The lowest BCUT2D eigenvalue weighted by Gasteiger charge is -2.31. The zero-order chi connectivity index (χ0) is 23.4. The van der Waals surface area contributed by atoms with E-state index in [1.807, 2.05) is 11.5 Å². The lowest BCUT2D eigenvalue weighted by molar-refractivity contribution is -0.247.